The van der Waals surface area contributed by atoms with E-state index in [0.717, 1.165) is 0 Å². The van der Waals surface area contributed by atoms with E-state index >= 15 is 0 Å². The summed E-state index contributed by atoms with van der Waals surface area (Å²) in [4.78, 5) is 3.95. The Hall–Kier alpha value is -0.0100. The van der Waals surface area contributed by atoms with Crippen LogP contribution in [0, 0.1) is 0 Å². The van der Waals surface area contributed by atoms with Crippen LogP contribution in [-0.4, -0.2) is 27.8 Å². The Labute approximate surface area is 82.2 Å². The number of rotatable bonds is 3. The highest BCUT2D eigenvalue weighted by atomic mass is 79.9. The minimum absolute atomic E-state index is 0.0241. The highest BCUT2D eigenvalue weighted by Gasteiger charge is 2.18. The Morgan fingerprint density at radius 3 is 2.75 bits per heavy atom. The molecule has 2 unspecified atom stereocenters. The molecule has 1 rings (SSSR count). The number of thiazole rings is 1. The van der Waals surface area contributed by atoms with Crippen LogP contribution < -0.4 is 5.73 Å². The smallest absolute Gasteiger partial charge is 0.159 e. The van der Waals surface area contributed by atoms with E-state index in [9.17, 15) is 5.11 Å². The Bertz CT molecular complexity index is 255. The molecule has 0 aliphatic carbocycles. The number of halogens is 1. The second kappa shape index (κ2) is 4.29. The number of aromatic nitrogens is 1. The van der Waals surface area contributed by atoms with E-state index in [1.54, 1.807) is 5.38 Å². The lowest BCUT2D eigenvalue weighted by atomic mass is 10.1. The summed E-state index contributed by atoms with van der Waals surface area (Å²) >= 11 is 4.51. The summed E-state index contributed by atoms with van der Waals surface area (Å²) in [6.45, 7) is 0.0241. The minimum atomic E-state index is -0.988. The van der Waals surface area contributed by atoms with E-state index in [-0.39, 0.29) is 6.54 Å². The molecule has 1 heterocycles. The van der Waals surface area contributed by atoms with Gasteiger partial charge < -0.3 is 15.9 Å². The van der Waals surface area contributed by atoms with Crippen LogP contribution in [0.25, 0.3) is 0 Å². The molecule has 2 atom stereocenters. The van der Waals surface area contributed by atoms with E-state index in [1.807, 2.05) is 0 Å². The van der Waals surface area contributed by atoms with Crippen LogP contribution in [0.2, 0.25) is 0 Å². The molecule has 4 nitrogen and oxygen atoms in total. The van der Waals surface area contributed by atoms with E-state index in [1.165, 1.54) is 11.3 Å². The maximum Gasteiger partial charge on any atom is 0.159 e. The average molecular weight is 253 g/mol. The molecule has 0 bridgehead atoms. The van der Waals surface area contributed by atoms with Crippen LogP contribution in [0.15, 0.2) is 9.30 Å². The van der Waals surface area contributed by atoms with E-state index in [2.05, 4.69) is 20.9 Å². The summed E-state index contributed by atoms with van der Waals surface area (Å²) in [5.74, 6) is 0. The van der Waals surface area contributed by atoms with Gasteiger partial charge in [-0.1, -0.05) is 0 Å². The molecule has 1 aromatic rings. The normalized spacial score (nSPS) is 16.0. The third kappa shape index (κ3) is 2.24. The van der Waals surface area contributed by atoms with Gasteiger partial charge >= 0.3 is 0 Å². The molecule has 0 amide bonds. The van der Waals surface area contributed by atoms with Crippen molar-refractivity contribution in [2.75, 3.05) is 6.54 Å². The number of nitrogens with zero attached hydrogens (tertiary/aromatic N) is 1. The van der Waals surface area contributed by atoms with Crippen molar-refractivity contribution in [3.05, 3.63) is 15.0 Å². The number of aliphatic hydroxyl groups is 2. The maximum absolute atomic E-state index is 9.40. The third-order valence-electron chi connectivity index (χ3n) is 1.40. The van der Waals surface area contributed by atoms with Gasteiger partial charge in [-0.05, 0) is 15.9 Å². The lowest BCUT2D eigenvalue weighted by Gasteiger charge is -2.12. The molecule has 0 saturated heterocycles. The summed E-state index contributed by atoms with van der Waals surface area (Å²) in [6, 6.07) is 0. The van der Waals surface area contributed by atoms with Crippen LogP contribution in [0.3, 0.4) is 0 Å². The Kier molecular flexibility index (Phi) is 3.60. The largest absolute Gasteiger partial charge is 0.389 e. The zero-order chi connectivity index (χ0) is 9.14. The van der Waals surface area contributed by atoms with Gasteiger partial charge in [0.05, 0.1) is 11.8 Å². The van der Waals surface area contributed by atoms with Gasteiger partial charge in [0, 0.05) is 11.9 Å². The molecule has 68 valence electrons. The molecule has 0 spiro atoms. The van der Waals surface area contributed by atoms with Gasteiger partial charge in [-0.25, -0.2) is 4.98 Å². The Balaban J connectivity index is 2.70. The zero-order valence-corrected chi connectivity index (χ0v) is 8.55. The fourth-order valence-electron chi connectivity index (χ4n) is 0.725. The number of aliphatic hydroxyl groups excluding tert-OH is 2. The molecule has 0 aromatic carbocycles. The van der Waals surface area contributed by atoms with Gasteiger partial charge in [0.15, 0.2) is 3.92 Å². The fraction of sp³-hybridized carbons (Fsp3) is 0.500. The van der Waals surface area contributed by atoms with Crippen molar-refractivity contribution in [1.82, 2.24) is 4.98 Å². The zero-order valence-electron chi connectivity index (χ0n) is 6.14. The lowest BCUT2D eigenvalue weighted by molar-refractivity contribution is 0.0220. The second-order valence-electron chi connectivity index (χ2n) is 2.27. The van der Waals surface area contributed by atoms with Crippen molar-refractivity contribution in [2.45, 2.75) is 12.2 Å². The lowest BCUT2D eigenvalue weighted by Crippen LogP contribution is -2.27. The van der Waals surface area contributed by atoms with Crippen molar-refractivity contribution in [3.63, 3.8) is 0 Å². The predicted molar refractivity (Wildman–Crippen MR) is 49.8 cm³/mol. The summed E-state index contributed by atoms with van der Waals surface area (Å²) < 4.78 is 0.681. The molecule has 0 fully saturated rings. The number of hydrogen-bond donors (Lipinski definition) is 3. The first-order valence-electron chi connectivity index (χ1n) is 3.32. The molecule has 0 aliphatic heterocycles. The van der Waals surface area contributed by atoms with E-state index < -0.39 is 12.2 Å². The number of hydrogen-bond acceptors (Lipinski definition) is 5. The van der Waals surface area contributed by atoms with Crippen LogP contribution in [0.1, 0.15) is 11.8 Å². The molecule has 12 heavy (non-hydrogen) atoms. The standard InChI is InChI=1S/C6H9BrN2O2S/c7-6-9-3(2-12-6)5(11)4(10)1-8/h2,4-5,10-11H,1,8H2. The minimum Gasteiger partial charge on any atom is -0.389 e. The fourth-order valence-corrected chi connectivity index (χ4v) is 1.78. The van der Waals surface area contributed by atoms with Gasteiger partial charge in [-0.15, -0.1) is 11.3 Å². The third-order valence-corrected chi connectivity index (χ3v) is 2.79. The molecule has 0 radical (unpaired) electrons. The first-order valence-corrected chi connectivity index (χ1v) is 4.99. The first kappa shape index (κ1) is 10.1. The van der Waals surface area contributed by atoms with Crippen molar-refractivity contribution in [1.29, 1.82) is 0 Å². The molecule has 4 N–H and O–H groups in total. The summed E-state index contributed by atoms with van der Waals surface area (Å²) in [5.41, 5.74) is 5.62. The highest BCUT2D eigenvalue weighted by Crippen LogP contribution is 2.22. The van der Waals surface area contributed by atoms with Gasteiger partial charge in [-0.3, -0.25) is 0 Å². The predicted octanol–water partition coefficient (Wildman–Crippen LogP) is 0.259. The second-order valence-corrected chi connectivity index (χ2v) is 4.41. The van der Waals surface area contributed by atoms with Crippen molar-refractivity contribution in [2.24, 2.45) is 5.73 Å². The monoisotopic (exact) mass is 252 g/mol. The average Bonchev–Trinajstić information content (AvgIpc) is 2.49. The quantitative estimate of drug-likeness (QED) is 0.721. The highest BCUT2D eigenvalue weighted by molar-refractivity contribution is 9.11. The Morgan fingerprint density at radius 1 is 1.67 bits per heavy atom. The van der Waals surface area contributed by atoms with Gasteiger partial charge in [0.2, 0.25) is 0 Å². The van der Waals surface area contributed by atoms with Crippen LogP contribution >= 0.6 is 27.3 Å². The molecule has 1 aromatic heterocycles. The molecule has 0 saturated carbocycles. The topological polar surface area (TPSA) is 79.4 Å². The summed E-state index contributed by atoms with van der Waals surface area (Å²) in [7, 11) is 0. The Morgan fingerprint density at radius 2 is 2.33 bits per heavy atom. The molecule has 0 aliphatic rings. The van der Waals surface area contributed by atoms with E-state index in [0.29, 0.717) is 9.61 Å². The van der Waals surface area contributed by atoms with Gasteiger partial charge in [-0.2, -0.15) is 0 Å². The van der Waals surface area contributed by atoms with E-state index in [4.69, 9.17) is 10.8 Å². The molecular weight excluding hydrogens is 244 g/mol. The van der Waals surface area contributed by atoms with Crippen LogP contribution in [-0.2, 0) is 0 Å². The van der Waals surface area contributed by atoms with Crippen molar-refractivity contribution in [3.8, 4) is 0 Å². The molecular formula is C6H9BrN2O2S. The van der Waals surface area contributed by atoms with Crippen LogP contribution in [0.5, 0.6) is 0 Å². The first-order chi connectivity index (χ1) is 5.65. The SMILES string of the molecule is NCC(O)C(O)c1csc(Br)n1. The summed E-state index contributed by atoms with van der Waals surface area (Å²) in [5, 5.41) is 20.2. The molecule has 6 heteroatoms. The number of nitrogens with two attached hydrogens (primary N) is 1. The van der Waals surface area contributed by atoms with Crippen molar-refractivity contribution < 1.29 is 10.2 Å². The van der Waals surface area contributed by atoms with Gasteiger partial charge in [0.25, 0.3) is 0 Å². The van der Waals surface area contributed by atoms with Crippen LogP contribution in [0.4, 0.5) is 0 Å². The maximum atomic E-state index is 9.40. The summed E-state index contributed by atoms with van der Waals surface area (Å²) in [6.07, 6.45) is -1.93. The van der Waals surface area contributed by atoms with Crippen molar-refractivity contribution >= 4 is 27.3 Å². The van der Waals surface area contributed by atoms with Gasteiger partial charge in [0.1, 0.15) is 6.10 Å².